The second-order valence-corrected chi connectivity index (χ2v) is 8.08. The minimum absolute atomic E-state index is 0.0487. The van der Waals surface area contributed by atoms with Crippen LogP contribution >= 0.6 is 0 Å². The maximum atomic E-state index is 14.6. The number of nitrogens with zero attached hydrogens (tertiary/aromatic N) is 2. The molecule has 0 aliphatic heterocycles. The van der Waals surface area contributed by atoms with Gasteiger partial charge in [0.1, 0.15) is 11.6 Å². The van der Waals surface area contributed by atoms with Gasteiger partial charge in [-0.25, -0.2) is 17.6 Å². The third-order valence-electron chi connectivity index (χ3n) is 5.68. The van der Waals surface area contributed by atoms with Crippen molar-refractivity contribution in [3.63, 3.8) is 0 Å². The second kappa shape index (κ2) is 8.68. The number of benzene rings is 1. The van der Waals surface area contributed by atoms with Gasteiger partial charge in [-0.05, 0) is 55.7 Å². The van der Waals surface area contributed by atoms with Crippen LogP contribution in [0.2, 0.25) is 0 Å². The molecule has 0 radical (unpaired) electrons. The van der Waals surface area contributed by atoms with E-state index in [-0.39, 0.29) is 54.0 Å². The van der Waals surface area contributed by atoms with Gasteiger partial charge in [-0.3, -0.25) is 14.8 Å². The summed E-state index contributed by atoms with van der Waals surface area (Å²) in [5.74, 6) is -4.91. The van der Waals surface area contributed by atoms with Crippen molar-refractivity contribution in [1.29, 1.82) is 0 Å². The smallest absolute Gasteiger partial charge is 0.257 e. The Kier molecular flexibility index (Phi) is 5.95. The molecule has 0 spiro atoms. The van der Waals surface area contributed by atoms with E-state index in [0.717, 1.165) is 23.8 Å². The summed E-state index contributed by atoms with van der Waals surface area (Å²) in [7, 11) is 0. The fourth-order valence-corrected chi connectivity index (χ4v) is 4.03. The molecule has 1 fully saturated rings. The van der Waals surface area contributed by atoms with Gasteiger partial charge in [0.2, 0.25) is 5.92 Å². The van der Waals surface area contributed by atoms with E-state index in [4.69, 9.17) is 0 Å². The molecular formula is C24H21F4N3O. The third-order valence-corrected chi connectivity index (χ3v) is 5.68. The van der Waals surface area contributed by atoms with Gasteiger partial charge in [-0.15, -0.1) is 0 Å². The van der Waals surface area contributed by atoms with Crippen LogP contribution in [0.3, 0.4) is 0 Å². The Labute approximate surface area is 182 Å². The molecule has 0 saturated heterocycles. The number of rotatable bonds is 4. The maximum absolute atomic E-state index is 14.6. The quantitative estimate of drug-likeness (QED) is 0.483. The number of halogens is 4. The SMILES string of the molecule is Cc1cncc(C(=O)Nc2c(-c3cc(F)ccc3F)ccnc2C2CCC(F)(F)CC2)c1. The lowest BCUT2D eigenvalue weighted by Gasteiger charge is -2.29. The average Bonchev–Trinajstić information content (AvgIpc) is 2.76. The van der Waals surface area contributed by atoms with Crippen molar-refractivity contribution in [1.82, 2.24) is 9.97 Å². The molecule has 8 heteroatoms. The highest BCUT2D eigenvalue weighted by molar-refractivity contribution is 6.06. The number of hydrogen-bond donors (Lipinski definition) is 1. The van der Waals surface area contributed by atoms with Crippen molar-refractivity contribution in [2.75, 3.05) is 5.32 Å². The highest BCUT2D eigenvalue weighted by atomic mass is 19.3. The van der Waals surface area contributed by atoms with E-state index >= 15 is 0 Å². The zero-order valence-corrected chi connectivity index (χ0v) is 17.3. The molecule has 1 aliphatic rings. The van der Waals surface area contributed by atoms with Crippen LogP contribution in [0.1, 0.15) is 53.2 Å². The van der Waals surface area contributed by atoms with Crippen LogP contribution in [0.25, 0.3) is 11.1 Å². The maximum Gasteiger partial charge on any atom is 0.257 e. The van der Waals surface area contributed by atoms with Crippen LogP contribution in [0.5, 0.6) is 0 Å². The lowest BCUT2D eigenvalue weighted by Crippen LogP contribution is -2.25. The summed E-state index contributed by atoms with van der Waals surface area (Å²) >= 11 is 0. The van der Waals surface area contributed by atoms with E-state index in [0.29, 0.717) is 5.69 Å². The lowest BCUT2D eigenvalue weighted by atomic mass is 9.83. The molecule has 1 amide bonds. The summed E-state index contributed by atoms with van der Waals surface area (Å²) in [6.45, 7) is 1.79. The van der Waals surface area contributed by atoms with Gasteiger partial charge in [-0.2, -0.15) is 0 Å². The van der Waals surface area contributed by atoms with Crippen molar-refractivity contribution < 1.29 is 22.4 Å². The Hall–Kier alpha value is -3.29. The Bertz CT molecular complexity index is 1160. The zero-order chi connectivity index (χ0) is 22.9. The number of aromatic nitrogens is 2. The van der Waals surface area contributed by atoms with E-state index in [1.807, 2.05) is 0 Å². The number of aryl methyl sites for hydroxylation is 1. The van der Waals surface area contributed by atoms with Gasteiger partial charge in [0, 0.05) is 48.5 Å². The summed E-state index contributed by atoms with van der Waals surface area (Å²) in [5, 5.41) is 2.77. The van der Waals surface area contributed by atoms with E-state index in [2.05, 4.69) is 15.3 Å². The van der Waals surface area contributed by atoms with Crippen LogP contribution in [0, 0.1) is 18.6 Å². The molecule has 4 nitrogen and oxygen atoms in total. The van der Waals surface area contributed by atoms with Crippen molar-refractivity contribution in [2.24, 2.45) is 0 Å². The Morgan fingerprint density at radius 1 is 1.06 bits per heavy atom. The van der Waals surface area contributed by atoms with Crippen molar-refractivity contribution in [3.05, 3.63) is 77.4 Å². The highest BCUT2D eigenvalue weighted by Crippen LogP contribution is 2.44. The Balaban J connectivity index is 1.80. The van der Waals surface area contributed by atoms with Crippen molar-refractivity contribution >= 4 is 11.6 Å². The molecule has 1 N–H and O–H groups in total. The third kappa shape index (κ3) is 4.64. The molecule has 0 unspecified atom stereocenters. The van der Waals surface area contributed by atoms with Crippen LogP contribution in [0.15, 0.2) is 48.9 Å². The summed E-state index contributed by atoms with van der Waals surface area (Å²) in [5.41, 5.74) is 1.82. The number of alkyl halides is 2. The molecule has 3 aromatic rings. The topological polar surface area (TPSA) is 54.9 Å². The van der Waals surface area contributed by atoms with Gasteiger partial charge >= 0.3 is 0 Å². The molecule has 1 aliphatic carbocycles. The normalized spacial score (nSPS) is 16.0. The summed E-state index contributed by atoms with van der Waals surface area (Å²) in [4.78, 5) is 21.3. The number of pyridine rings is 2. The van der Waals surface area contributed by atoms with Crippen molar-refractivity contribution in [2.45, 2.75) is 44.4 Å². The fourth-order valence-electron chi connectivity index (χ4n) is 4.03. The molecule has 0 atom stereocenters. The molecule has 166 valence electrons. The molecule has 1 aromatic carbocycles. The van der Waals surface area contributed by atoms with Gasteiger partial charge in [-0.1, -0.05) is 0 Å². The van der Waals surface area contributed by atoms with E-state index in [1.54, 1.807) is 19.2 Å². The molecule has 32 heavy (non-hydrogen) atoms. The highest BCUT2D eigenvalue weighted by Gasteiger charge is 2.37. The Morgan fingerprint density at radius 2 is 1.81 bits per heavy atom. The largest absolute Gasteiger partial charge is 0.320 e. The summed E-state index contributed by atoms with van der Waals surface area (Å²) in [6, 6.07) is 6.15. The number of amides is 1. The number of anilines is 1. The molecule has 2 aromatic heterocycles. The van der Waals surface area contributed by atoms with Crippen LogP contribution in [0.4, 0.5) is 23.2 Å². The number of carbonyl (C=O) groups excluding carboxylic acids is 1. The van der Waals surface area contributed by atoms with Crippen molar-refractivity contribution in [3.8, 4) is 11.1 Å². The van der Waals surface area contributed by atoms with Gasteiger partial charge < -0.3 is 5.32 Å². The molecule has 2 heterocycles. The van der Waals surface area contributed by atoms with Gasteiger partial charge in [0.05, 0.1) is 16.9 Å². The first kappa shape index (κ1) is 21.9. The van der Waals surface area contributed by atoms with E-state index in [1.165, 1.54) is 18.5 Å². The molecule has 1 saturated carbocycles. The van der Waals surface area contributed by atoms with E-state index < -0.39 is 23.5 Å². The van der Waals surface area contributed by atoms with Crippen LogP contribution < -0.4 is 5.32 Å². The predicted molar refractivity (Wildman–Crippen MR) is 113 cm³/mol. The molecule has 4 rings (SSSR count). The fraction of sp³-hybridized carbons (Fsp3) is 0.292. The van der Waals surface area contributed by atoms with Gasteiger partial charge in [0.25, 0.3) is 5.91 Å². The second-order valence-electron chi connectivity index (χ2n) is 8.08. The number of nitrogens with one attached hydrogen (secondary N) is 1. The standard InChI is InChI=1S/C24H21F4N3O/c1-14-10-16(13-29-12-14)23(32)31-22-18(19-11-17(25)2-3-20(19)26)6-9-30-21(22)15-4-7-24(27,28)8-5-15/h2-3,6,9-13,15H,4-5,7-8H2,1H3,(H,31,32). The minimum atomic E-state index is -2.74. The first-order valence-corrected chi connectivity index (χ1v) is 10.3. The first-order valence-electron chi connectivity index (χ1n) is 10.3. The Morgan fingerprint density at radius 3 is 2.53 bits per heavy atom. The van der Waals surface area contributed by atoms with E-state index in [9.17, 15) is 22.4 Å². The predicted octanol–water partition coefficient (Wildman–Crippen LogP) is 6.28. The van der Waals surface area contributed by atoms with Crippen LogP contribution in [-0.2, 0) is 0 Å². The number of hydrogen-bond acceptors (Lipinski definition) is 3. The summed E-state index contributed by atoms with van der Waals surface area (Å²) < 4.78 is 56.0. The monoisotopic (exact) mass is 443 g/mol. The molecule has 0 bridgehead atoms. The number of carbonyl (C=O) groups is 1. The average molecular weight is 443 g/mol. The lowest BCUT2D eigenvalue weighted by molar-refractivity contribution is -0.0384. The van der Waals surface area contributed by atoms with Gasteiger partial charge in [0.15, 0.2) is 0 Å². The van der Waals surface area contributed by atoms with Crippen LogP contribution in [-0.4, -0.2) is 21.8 Å². The first-order chi connectivity index (χ1) is 15.2. The minimum Gasteiger partial charge on any atom is -0.320 e. The summed E-state index contributed by atoms with van der Waals surface area (Å²) in [6.07, 6.45) is 4.16. The molecular weight excluding hydrogens is 422 g/mol. The zero-order valence-electron chi connectivity index (χ0n) is 17.3.